The van der Waals surface area contributed by atoms with Crippen molar-refractivity contribution in [2.24, 2.45) is 0 Å². The van der Waals surface area contributed by atoms with Gasteiger partial charge in [0.25, 0.3) is 5.91 Å². The molecule has 1 N–H and O–H groups in total. The van der Waals surface area contributed by atoms with Crippen LogP contribution in [0, 0.1) is 6.92 Å². The second-order valence-corrected chi connectivity index (χ2v) is 10.2. The summed E-state index contributed by atoms with van der Waals surface area (Å²) in [5.41, 5.74) is 2.88. The summed E-state index contributed by atoms with van der Waals surface area (Å²) in [6.07, 6.45) is 7.69. The van der Waals surface area contributed by atoms with Crippen LogP contribution in [-0.4, -0.2) is 54.6 Å². The lowest BCUT2D eigenvalue weighted by Gasteiger charge is -2.31. The maximum absolute atomic E-state index is 13.4. The van der Waals surface area contributed by atoms with Crippen LogP contribution in [0.1, 0.15) is 60.1 Å². The quantitative estimate of drug-likeness (QED) is 0.381. The van der Waals surface area contributed by atoms with E-state index in [1.165, 1.54) is 32.1 Å². The summed E-state index contributed by atoms with van der Waals surface area (Å²) in [5, 5.41) is 4.51. The minimum absolute atomic E-state index is 0.0424. The fourth-order valence-corrected chi connectivity index (χ4v) is 5.41. The Balaban J connectivity index is 1.47. The number of ether oxygens (including phenoxy) is 1. The number of rotatable bonds is 9. The molecule has 0 atom stereocenters. The minimum atomic E-state index is -0.156. The number of halogens is 1. The van der Waals surface area contributed by atoms with E-state index in [1.54, 1.807) is 35.9 Å². The maximum atomic E-state index is 13.4. The molecule has 0 spiro atoms. The number of carbonyl (C=O) groups excluding carboxylic acids is 2. The van der Waals surface area contributed by atoms with Crippen molar-refractivity contribution in [1.29, 1.82) is 0 Å². The van der Waals surface area contributed by atoms with E-state index in [-0.39, 0.29) is 18.2 Å². The highest BCUT2D eigenvalue weighted by molar-refractivity contribution is 6.30. The first-order valence-corrected chi connectivity index (χ1v) is 13.2. The van der Waals surface area contributed by atoms with Crippen LogP contribution < -0.4 is 10.1 Å². The molecule has 1 heterocycles. The Morgan fingerprint density at radius 3 is 2.53 bits per heavy atom. The summed E-state index contributed by atoms with van der Waals surface area (Å²) in [7, 11) is 3.81. The zero-order valence-corrected chi connectivity index (χ0v) is 22.2. The highest BCUT2D eigenvalue weighted by Crippen LogP contribution is 2.31. The molecule has 6 nitrogen and oxygen atoms in total. The van der Waals surface area contributed by atoms with E-state index in [1.807, 2.05) is 25.1 Å². The number of nitrogens with one attached hydrogen (secondary N) is 1. The Morgan fingerprint density at radius 1 is 1.11 bits per heavy atom. The predicted octanol–water partition coefficient (Wildman–Crippen LogP) is 5.61. The van der Waals surface area contributed by atoms with Gasteiger partial charge in [-0.15, -0.1) is 0 Å². The fourth-order valence-electron chi connectivity index (χ4n) is 5.28. The van der Waals surface area contributed by atoms with Gasteiger partial charge in [-0.2, -0.15) is 0 Å². The van der Waals surface area contributed by atoms with Crippen LogP contribution >= 0.6 is 11.6 Å². The number of hydrogen-bond acceptors (Lipinski definition) is 4. The van der Waals surface area contributed by atoms with E-state index >= 15 is 0 Å². The van der Waals surface area contributed by atoms with Crippen LogP contribution in [0.15, 0.2) is 42.5 Å². The molecule has 7 heteroatoms. The van der Waals surface area contributed by atoms with Crippen molar-refractivity contribution in [3.8, 4) is 5.75 Å². The summed E-state index contributed by atoms with van der Waals surface area (Å²) >= 11 is 6.01. The van der Waals surface area contributed by atoms with Crippen LogP contribution in [-0.2, 0) is 11.2 Å². The van der Waals surface area contributed by atoms with Crippen molar-refractivity contribution in [1.82, 2.24) is 14.8 Å². The second-order valence-electron chi connectivity index (χ2n) is 9.75. The van der Waals surface area contributed by atoms with Crippen LogP contribution in [0.4, 0.5) is 0 Å². The molecule has 3 aromatic rings. The number of carbonyl (C=O) groups is 2. The molecule has 1 aliphatic rings. The van der Waals surface area contributed by atoms with Gasteiger partial charge in [0.1, 0.15) is 5.75 Å². The lowest BCUT2D eigenvalue weighted by atomic mass is 9.94. The summed E-state index contributed by atoms with van der Waals surface area (Å²) < 4.78 is 7.11. The van der Waals surface area contributed by atoms with Gasteiger partial charge in [0.15, 0.2) is 0 Å². The highest BCUT2D eigenvalue weighted by Gasteiger charge is 2.22. The fraction of sp³-hybridized carbons (Fsp3) is 0.448. The molecule has 192 valence electrons. The van der Waals surface area contributed by atoms with Crippen LogP contribution in [0.3, 0.4) is 0 Å². The standard InChI is InChI=1S/C29H36ClN3O3/c1-20-25(19-28(34)31-16-7-17-32(2)23-8-5-4-6-9-23)26-18-24(36-3)14-15-27(26)33(20)29(35)21-10-12-22(30)13-11-21/h10-15,18,23H,4-9,16-17,19H2,1-3H3,(H,31,34). The predicted molar refractivity (Wildman–Crippen MR) is 145 cm³/mol. The first-order valence-electron chi connectivity index (χ1n) is 12.8. The molecule has 0 bridgehead atoms. The number of nitrogens with zero attached hydrogens (tertiary/aromatic N) is 2. The van der Waals surface area contributed by atoms with Crippen molar-refractivity contribution in [2.75, 3.05) is 27.2 Å². The third-order valence-electron chi connectivity index (χ3n) is 7.38. The molecule has 36 heavy (non-hydrogen) atoms. The van der Waals surface area contributed by atoms with Gasteiger partial charge < -0.3 is 15.0 Å². The van der Waals surface area contributed by atoms with Crippen molar-refractivity contribution in [2.45, 2.75) is 57.9 Å². The molecule has 1 fully saturated rings. The Bertz CT molecular complexity index is 1210. The smallest absolute Gasteiger partial charge is 0.262 e. The van der Waals surface area contributed by atoms with Crippen molar-refractivity contribution in [3.63, 3.8) is 0 Å². The SMILES string of the molecule is COc1ccc2c(c1)c(CC(=O)NCCCN(C)C1CCCCC1)c(C)n2C(=O)c1ccc(Cl)cc1. The third-order valence-corrected chi connectivity index (χ3v) is 7.63. The lowest BCUT2D eigenvalue weighted by Crippen LogP contribution is -2.36. The highest BCUT2D eigenvalue weighted by atomic mass is 35.5. The van der Waals surface area contributed by atoms with Crippen LogP contribution in [0.25, 0.3) is 10.9 Å². The van der Waals surface area contributed by atoms with E-state index in [9.17, 15) is 9.59 Å². The molecule has 2 aromatic carbocycles. The normalized spacial score (nSPS) is 14.4. The van der Waals surface area contributed by atoms with E-state index in [0.29, 0.717) is 28.9 Å². The number of methoxy groups -OCH3 is 1. The molecule has 1 amide bonds. The van der Waals surface area contributed by atoms with Gasteiger partial charge in [-0.3, -0.25) is 14.2 Å². The molecule has 1 aliphatic carbocycles. The van der Waals surface area contributed by atoms with Gasteiger partial charge in [-0.1, -0.05) is 30.9 Å². The van der Waals surface area contributed by atoms with E-state index in [0.717, 1.165) is 35.1 Å². The van der Waals surface area contributed by atoms with E-state index in [2.05, 4.69) is 17.3 Å². The Hall–Kier alpha value is -2.83. The van der Waals surface area contributed by atoms with E-state index < -0.39 is 0 Å². The zero-order valence-electron chi connectivity index (χ0n) is 21.5. The molecule has 0 unspecified atom stereocenters. The number of amides is 1. The molecule has 4 rings (SSSR count). The first-order chi connectivity index (χ1) is 17.4. The van der Waals surface area contributed by atoms with Crippen molar-refractivity contribution < 1.29 is 14.3 Å². The van der Waals surface area contributed by atoms with Crippen LogP contribution in [0.2, 0.25) is 5.02 Å². The monoisotopic (exact) mass is 509 g/mol. The van der Waals surface area contributed by atoms with Crippen molar-refractivity contribution in [3.05, 3.63) is 64.3 Å². The van der Waals surface area contributed by atoms with Gasteiger partial charge >= 0.3 is 0 Å². The average Bonchev–Trinajstić information content (AvgIpc) is 3.17. The number of benzene rings is 2. The number of fused-ring (bicyclic) bond motifs is 1. The van der Waals surface area contributed by atoms with Crippen LogP contribution in [0.5, 0.6) is 5.75 Å². The number of aromatic nitrogens is 1. The minimum Gasteiger partial charge on any atom is -0.497 e. The van der Waals surface area contributed by atoms with Crippen molar-refractivity contribution >= 4 is 34.3 Å². The third kappa shape index (κ3) is 5.93. The van der Waals surface area contributed by atoms with E-state index in [4.69, 9.17) is 16.3 Å². The topological polar surface area (TPSA) is 63.6 Å². The van der Waals surface area contributed by atoms with Gasteiger partial charge in [-0.25, -0.2) is 0 Å². The largest absolute Gasteiger partial charge is 0.497 e. The summed E-state index contributed by atoms with van der Waals surface area (Å²) in [6, 6.07) is 13.1. The van der Waals surface area contributed by atoms with Gasteiger partial charge in [0.2, 0.25) is 5.91 Å². The lowest BCUT2D eigenvalue weighted by molar-refractivity contribution is -0.120. The van der Waals surface area contributed by atoms with Gasteiger partial charge in [0, 0.05) is 34.3 Å². The summed E-state index contributed by atoms with van der Waals surface area (Å²) in [6.45, 7) is 3.51. The molecule has 0 aliphatic heterocycles. The Kier molecular flexibility index (Phi) is 8.70. The second kappa shape index (κ2) is 11.9. The van der Waals surface area contributed by atoms with Gasteiger partial charge in [-0.05, 0) is 87.8 Å². The molecular weight excluding hydrogens is 474 g/mol. The number of hydrogen-bond donors (Lipinski definition) is 1. The molecule has 1 saturated carbocycles. The average molecular weight is 510 g/mol. The first kappa shape index (κ1) is 26.2. The summed E-state index contributed by atoms with van der Waals surface area (Å²) in [5.74, 6) is 0.488. The maximum Gasteiger partial charge on any atom is 0.262 e. The zero-order chi connectivity index (χ0) is 25.7. The summed E-state index contributed by atoms with van der Waals surface area (Å²) in [4.78, 5) is 28.8. The molecular formula is C29H36ClN3O3. The molecule has 0 saturated heterocycles. The molecule has 1 aromatic heterocycles. The Morgan fingerprint density at radius 2 is 1.83 bits per heavy atom. The van der Waals surface area contributed by atoms with Gasteiger partial charge in [0.05, 0.1) is 19.0 Å². The Labute approximate surface area is 218 Å². The molecule has 0 radical (unpaired) electrons.